The third kappa shape index (κ3) is 6.00. The molecule has 0 saturated heterocycles. The molecule has 102 valence electrons. The fourth-order valence-corrected chi connectivity index (χ4v) is 1.78. The van der Waals surface area contributed by atoms with E-state index in [-0.39, 0.29) is 6.10 Å². The Balaban J connectivity index is 2.41. The molecule has 1 aromatic heterocycles. The maximum atomic E-state index is 9.92. The molecule has 0 saturated carbocycles. The molecule has 0 amide bonds. The van der Waals surface area contributed by atoms with Crippen molar-refractivity contribution >= 4 is 0 Å². The molecular weight excluding hydrogens is 230 g/mol. The number of ether oxygens (including phenoxy) is 1. The molecule has 18 heavy (non-hydrogen) atoms. The summed E-state index contributed by atoms with van der Waals surface area (Å²) in [4.78, 5) is 2.14. The molecule has 1 aromatic rings. The monoisotopic (exact) mass is 253 g/mol. The Morgan fingerprint density at radius 3 is 3.06 bits per heavy atom. The maximum Gasteiger partial charge on any atom is 0.117 e. The van der Waals surface area contributed by atoms with E-state index in [9.17, 15) is 5.11 Å². The van der Waals surface area contributed by atoms with Crippen LogP contribution in [0.15, 0.2) is 35.5 Å². The van der Waals surface area contributed by atoms with Gasteiger partial charge < -0.3 is 14.3 Å². The lowest BCUT2D eigenvalue weighted by molar-refractivity contribution is 0.0773. The van der Waals surface area contributed by atoms with Gasteiger partial charge in [0.25, 0.3) is 0 Å². The molecule has 4 nitrogen and oxygen atoms in total. The van der Waals surface area contributed by atoms with Crippen LogP contribution in [0.3, 0.4) is 0 Å². The minimum atomic E-state index is -0.338. The van der Waals surface area contributed by atoms with Gasteiger partial charge in [-0.2, -0.15) is 0 Å². The zero-order valence-electron chi connectivity index (χ0n) is 11.0. The summed E-state index contributed by atoms with van der Waals surface area (Å²) in [6.07, 6.45) is 4.73. The summed E-state index contributed by atoms with van der Waals surface area (Å²) in [5, 5.41) is 9.92. The third-order valence-electron chi connectivity index (χ3n) is 2.74. The quantitative estimate of drug-likeness (QED) is 0.648. The van der Waals surface area contributed by atoms with E-state index in [4.69, 9.17) is 9.15 Å². The number of methoxy groups -OCH3 is 1. The van der Waals surface area contributed by atoms with Gasteiger partial charge in [-0.05, 0) is 25.0 Å². The molecule has 1 N–H and O–H groups in total. The van der Waals surface area contributed by atoms with Crippen LogP contribution in [0.5, 0.6) is 0 Å². The lowest BCUT2D eigenvalue weighted by Crippen LogP contribution is -2.34. The standard InChI is InChI=1S/C14H23NO3/c1-3-4-6-13(16)11-15(8-10-17-2)12-14-7-5-9-18-14/h3,5,7,9,13,16H,1,4,6,8,10-12H2,2H3/t13-/m0/s1. The van der Waals surface area contributed by atoms with E-state index in [0.717, 1.165) is 25.1 Å². The molecule has 1 heterocycles. The van der Waals surface area contributed by atoms with Crippen molar-refractivity contribution in [2.75, 3.05) is 26.8 Å². The van der Waals surface area contributed by atoms with E-state index in [1.807, 2.05) is 18.2 Å². The summed E-state index contributed by atoms with van der Waals surface area (Å²) in [5.74, 6) is 0.905. The van der Waals surface area contributed by atoms with Gasteiger partial charge in [0.05, 0.1) is 25.5 Å². The van der Waals surface area contributed by atoms with Crippen molar-refractivity contribution in [2.45, 2.75) is 25.5 Å². The summed E-state index contributed by atoms with van der Waals surface area (Å²) in [5.41, 5.74) is 0. The van der Waals surface area contributed by atoms with Crippen molar-refractivity contribution in [3.05, 3.63) is 36.8 Å². The Labute approximate surface area is 109 Å². The van der Waals surface area contributed by atoms with Crippen molar-refractivity contribution in [3.8, 4) is 0 Å². The smallest absolute Gasteiger partial charge is 0.117 e. The van der Waals surface area contributed by atoms with Crippen LogP contribution < -0.4 is 0 Å². The molecule has 0 aromatic carbocycles. The summed E-state index contributed by atoms with van der Waals surface area (Å²) in [7, 11) is 1.68. The number of hydrogen-bond donors (Lipinski definition) is 1. The van der Waals surface area contributed by atoms with Gasteiger partial charge in [-0.1, -0.05) is 6.08 Å². The highest BCUT2D eigenvalue weighted by molar-refractivity contribution is 4.98. The highest BCUT2D eigenvalue weighted by Gasteiger charge is 2.12. The fraction of sp³-hybridized carbons (Fsp3) is 0.571. The highest BCUT2D eigenvalue weighted by atomic mass is 16.5. The lowest BCUT2D eigenvalue weighted by Gasteiger charge is -2.23. The van der Waals surface area contributed by atoms with E-state index in [2.05, 4.69) is 11.5 Å². The number of allylic oxidation sites excluding steroid dienone is 1. The van der Waals surface area contributed by atoms with Crippen LogP contribution in [-0.2, 0) is 11.3 Å². The Hall–Kier alpha value is -1.10. The second-order valence-electron chi connectivity index (χ2n) is 4.33. The van der Waals surface area contributed by atoms with E-state index in [1.54, 1.807) is 13.4 Å². The van der Waals surface area contributed by atoms with Crippen LogP contribution in [0.4, 0.5) is 0 Å². The number of aliphatic hydroxyl groups excluding tert-OH is 1. The summed E-state index contributed by atoms with van der Waals surface area (Å²) < 4.78 is 10.4. The molecule has 0 aliphatic heterocycles. The van der Waals surface area contributed by atoms with Crippen molar-refractivity contribution < 1.29 is 14.3 Å². The number of aliphatic hydroxyl groups is 1. The zero-order valence-corrected chi connectivity index (χ0v) is 11.0. The Morgan fingerprint density at radius 2 is 2.44 bits per heavy atom. The Kier molecular flexibility index (Phi) is 7.41. The van der Waals surface area contributed by atoms with Crippen LogP contribution >= 0.6 is 0 Å². The predicted molar refractivity (Wildman–Crippen MR) is 71.3 cm³/mol. The van der Waals surface area contributed by atoms with Gasteiger partial charge in [-0.3, -0.25) is 4.90 Å². The highest BCUT2D eigenvalue weighted by Crippen LogP contribution is 2.08. The van der Waals surface area contributed by atoms with Crippen LogP contribution in [0.25, 0.3) is 0 Å². The molecule has 0 unspecified atom stereocenters. The summed E-state index contributed by atoms with van der Waals surface area (Å²) in [6.45, 7) is 6.41. The topological polar surface area (TPSA) is 45.8 Å². The SMILES string of the molecule is C=CCC[C@H](O)CN(CCOC)Cc1ccco1. The van der Waals surface area contributed by atoms with Crippen LogP contribution in [0, 0.1) is 0 Å². The van der Waals surface area contributed by atoms with Gasteiger partial charge in [0.2, 0.25) is 0 Å². The zero-order chi connectivity index (χ0) is 13.2. The number of nitrogens with zero attached hydrogens (tertiary/aromatic N) is 1. The van der Waals surface area contributed by atoms with Crippen LogP contribution in [0.1, 0.15) is 18.6 Å². The minimum absolute atomic E-state index is 0.338. The second kappa shape index (κ2) is 8.91. The molecule has 0 fully saturated rings. The van der Waals surface area contributed by atoms with Crippen LogP contribution in [-0.4, -0.2) is 42.9 Å². The van der Waals surface area contributed by atoms with Gasteiger partial charge in [0, 0.05) is 20.2 Å². The van der Waals surface area contributed by atoms with Gasteiger partial charge in [-0.15, -0.1) is 6.58 Å². The molecule has 1 atom stereocenters. The van der Waals surface area contributed by atoms with Crippen molar-refractivity contribution in [2.24, 2.45) is 0 Å². The fourth-order valence-electron chi connectivity index (χ4n) is 1.78. The summed E-state index contributed by atoms with van der Waals surface area (Å²) >= 11 is 0. The normalized spacial score (nSPS) is 12.8. The molecule has 0 aliphatic rings. The maximum absolute atomic E-state index is 9.92. The number of rotatable bonds is 10. The average Bonchev–Trinajstić information content (AvgIpc) is 2.86. The first kappa shape index (κ1) is 15.0. The average molecular weight is 253 g/mol. The minimum Gasteiger partial charge on any atom is -0.468 e. The molecular formula is C14H23NO3. The first-order chi connectivity index (χ1) is 8.76. The first-order valence-corrected chi connectivity index (χ1v) is 6.29. The third-order valence-corrected chi connectivity index (χ3v) is 2.74. The molecule has 4 heteroatoms. The van der Waals surface area contributed by atoms with Crippen molar-refractivity contribution in [1.29, 1.82) is 0 Å². The lowest BCUT2D eigenvalue weighted by atomic mass is 10.2. The molecule has 0 spiro atoms. The van der Waals surface area contributed by atoms with E-state index in [0.29, 0.717) is 19.7 Å². The molecule has 0 bridgehead atoms. The van der Waals surface area contributed by atoms with E-state index < -0.39 is 0 Å². The van der Waals surface area contributed by atoms with E-state index >= 15 is 0 Å². The van der Waals surface area contributed by atoms with Gasteiger partial charge >= 0.3 is 0 Å². The summed E-state index contributed by atoms with van der Waals surface area (Å²) in [6, 6.07) is 3.81. The second-order valence-corrected chi connectivity index (χ2v) is 4.33. The number of hydrogen-bond acceptors (Lipinski definition) is 4. The largest absolute Gasteiger partial charge is 0.468 e. The molecule has 1 rings (SSSR count). The predicted octanol–water partition coefficient (Wildman–Crippen LogP) is 2.06. The van der Waals surface area contributed by atoms with Gasteiger partial charge in [0.15, 0.2) is 0 Å². The number of furan rings is 1. The Morgan fingerprint density at radius 1 is 1.61 bits per heavy atom. The van der Waals surface area contributed by atoms with Crippen molar-refractivity contribution in [1.82, 2.24) is 4.90 Å². The first-order valence-electron chi connectivity index (χ1n) is 6.29. The molecule has 0 aliphatic carbocycles. The van der Waals surface area contributed by atoms with Crippen LogP contribution in [0.2, 0.25) is 0 Å². The van der Waals surface area contributed by atoms with E-state index in [1.165, 1.54) is 0 Å². The van der Waals surface area contributed by atoms with Crippen molar-refractivity contribution in [3.63, 3.8) is 0 Å². The van der Waals surface area contributed by atoms with Gasteiger partial charge in [0.1, 0.15) is 5.76 Å². The Bertz CT molecular complexity index is 311. The molecule has 0 radical (unpaired) electrons. The van der Waals surface area contributed by atoms with Gasteiger partial charge in [-0.25, -0.2) is 0 Å².